The second-order valence-electron chi connectivity index (χ2n) is 4.91. The summed E-state index contributed by atoms with van der Waals surface area (Å²) in [5, 5.41) is 1.82. The number of amides is 1. The first-order chi connectivity index (χ1) is 11.0. The van der Waals surface area contributed by atoms with Crippen LogP contribution in [0.1, 0.15) is 13.8 Å². The van der Waals surface area contributed by atoms with E-state index in [1.807, 2.05) is 37.3 Å². The van der Waals surface area contributed by atoms with Crippen molar-refractivity contribution in [2.45, 2.75) is 18.7 Å². The van der Waals surface area contributed by atoms with Crippen LogP contribution >= 0.6 is 47.3 Å². The summed E-state index contributed by atoms with van der Waals surface area (Å²) in [4.78, 5) is 17.9. The Balaban J connectivity index is 1.88. The minimum absolute atomic E-state index is 0.00838. The van der Waals surface area contributed by atoms with E-state index in [0.717, 1.165) is 22.3 Å². The smallest absolute Gasteiger partial charge is 0.266 e. The lowest BCUT2D eigenvalue weighted by atomic mass is 10.3. The van der Waals surface area contributed by atoms with E-state index in [4.69, 9.17) is 23.8 Å². The van der Waals surface area contributed by atoms with Crippen LogP contribution in [-0.2, 0) is 4.79 Å². The van der Waals surface area contributed by atoms with Gasteiger partial charge in [0.2, 0.25) is 0 Å². The summed E-state index contributed by atoms with van der Waals surface area (Å²) >= 11 is 14.4. The number of hydrogen-bond donors (Lipinski definition) is 0. The molecule has 1 amide bonds. The van der Waals surface area contributed by atoms with Gasteiger partial charge in [0.1, 0.15) is 4.32 Å². The molecule has 1 aromatic carbocycles. The Morgan fingerprint density at radius 1 is 1.17 bits per heavy atom. The van der Waals surface area contributed by atoms with Crippen LogP contribution in [0.15, 0.2) is 45.2 Å². The SMILES string of the molecule is CCN1C(=O)/C(=C/C=C2/Sc3ccc(Cl)cc3N2CC)SC1=S. The van der Waals surface area contributed by atoms with Crippen molar-refractivity contribution in [3.8, 4) is 0 Å². The van der Waals surface area contributed by atoms with Crippen molar-refractivity contribution in [3.05, 3.63) is 45.3 Å². The second-order valence-corrected chi connectivity index (χ2v) is 8.09. The molecule has 3 rings (SSSR count). The van der Waals surface area contributed by atoms with Crippen molar-refractivity contribution >= 4 is 63.3 Å². The molecule has 0 saturated carbocycles. The number of anilines is 1. The van der Waals surface area contributed by atoms with Crippen LogP contribution < -0.4 is 4.90 Å². The van der Waals surface area contributed by atoms with Gasteiger partial charge < -0.3 is 4.90 Å². The third-order valence-corrected chi connectivity index (χ3v) is 6.34. The van der Waals surface area contributed by atoms with Crippen LogP contribution in [0, 0.1) is 0 Å². The normalized spacial score (nSPS) is 21.0. The molecule has 1 aromatic rings. The van der Waals surface area contributed by atoms with Crippen LogP contribution in [-0.4, -0.2) is 28.2 Å². The molecular formula is C16H15ClN2OS3. The third kappa shape index (κ3) is 3.18. The minimum atomic E-state index is -0.00838. The largest absolute Gasteiger partial charge is 0.335 e. The molecule has 1 fully saturated rings. The maximum absolute atomic E-state index is 12.2. The number of likely N-dealkylation sites (N-methyl/N-ethyl adjacent to an activating group) is 1. The van der Waals surface area contributed by atoms with E-state index >= 15 is 0 Å². The first-order valence-electron chi connectivity index (χ1n) is 7.25. The van der Waals surface area contributed by atoms with Crippen molar-refractivity contribution in [2.75, 3.05) is 18.0 Å². The van der Waals surface area contributed by atoms with Gasteiger partial charge in [-0.3, -0.25) is 9.69 Å². The zero-order valence-corrected chi connectivity index (χ0v) is 15.9. The lowest BCUT2D eigenvalue weighted by Gasteiger charge is -2.17. The van der Waals surface area contributed by atoms with Crippen LogP contribution in [0.5, 0.6) is 0 Å². The van der Waals surface area contributed by atoms with Gasteiger partial charge >= 0.3 is 0 Å². The number of thioether (sulfide) groups is 2. The number of carbonyl (C=O) groups excluding carboxylic acids is 1. The Hall–Kier alpha value is -0.950. The summed E-state index contributed by atoms with van der Waals surface area (Å²) < 4.78 is 0.628. The van der Waals surface area contributed by atoms with Gasteiger partial charge in [0, 0.05) is 23.0 Å². The number of carbonyl (C=O) groups is 1. The molecule has 2 aliphatic rings. The molecule has 1 saturated heterocycles. The maximum atomic E-state index is 12.2. The number of nitrogens with zero attached hydrogens (tertiary/aromatic N) is 2. The van der Waals surface area contributed by atoms with Gasteiger partial charge in [-0.15, -0.1) is 0 Å². The minimum Gasteiger partial charge on any atom is -0.335 e. The van der Waals surface area contributed by atoms with Gasteiger partial charge in [0.05, 0.1) is 15.6 Å². The Morgan fingerprint density at radius 3 is 2.57 bits per heavy atom. The lowest BCUT2D eigenvalue weighted by molar-refractivity contribution is -0.122. The fraction of sp³-hybridized carbons (Fsp3) is 0.250. The fourth-order valence-electron chi connectivity index (χ4n) is 2.46. The number of halogens is 1. The van der Waals surface area contributed by atoms with Gasteiger partial charge in [0.15, 0.2) is 0 Å². The number of fused-ring (bicyclic) bond motifs is 1. The molecule has 2 heterocycles. The maximum Gasteiger partial charge on any atom is 0.266 e. The zero-order chi connectivity index (χ0) is 16.6. The molecular weight excluding hydrogens is 368 g/mol. The van der Waals surface area contributed by atoms with E-state index in [9.17, 15) is 4.79 Å². The Kier molecular flexibility index (Phi) is 5.06. The standard InChI is InChI=1S/C16H15ClN2OS3/c1-3-18-11-9-10(17)5-6-12(11)22-14(18)8-7-13-15(20)19(4-2)16(21)23-13/h5-9H,3-4H2,1-2H3/b13-7-,14-8+. The average molecular weight is 383 g/mol. The van der Waals surface area contributed by atoms with Crippen molar-refractivity contribution < 1.29 is 4.79 Å². The summed E-state index contributed by atoms with van der Waals surface area (Å²) in [5.41, 5.74) is 1.12. The van der Waals surface area contributed by atoms with Crippen LogP contribution in [0.2, 0.25) is 5.02 Å². The molecule has 23 heavy (non-hydrogen) atoms. The Labute approximate surface area is 154 Å². The van der Waals surface area contributed by atoms with Crippen molar-refractivity contribution in [2.24, 2.45) is 0 Å². The molecule has 7 heteroatoms. The van der Waals surface area contributed by atoms with Crippen LogP contribution in [0.4, 0.5) is 5.69 Å². The van der Waals surface area contributed by atoms with E-state index in [-0.39, 0.29) is 5.91 Å². The molecule has 0 unspecified atom stereocenters. The number of benzene rings is 1. The van der Waals surface area contributed by atoms with E-state index < -0.39 is 0 Å². The first kappa shape index (κ1) is 16.9. The molecule has 3 nitrogen and oxygen atoms in total. The van der Waals surface area contributed by atoms with E-state index in [2.05, 4.69) is 11.8 Å². The van der Waals surface area contributed by atoms with Crippen molar-refractivity contribution in [1.29, 1.82) is 0 Å². The summed E-state index contributed by atoms with van der Waals surface area (Å²) in [6.45, 7) is 5.48. The zero-order valence-electron chi connectivity index (χ0n) is 12.7. The molecule has 120 valence electrons. The molecule has 0 radical (unpaired) electrons. The highest BCUT2D eigenvalue weighted by molar-refractivity contribution is 8.26. The van der Waals surface area contributed by atoms with Gasteiger partial charge in [-0.25, -0.2) is 0 Å². The molecule has 0 atom stereocenters. The van der Waals surface area contributed by atoms with Crippen LogP contribution in [0.25, 0.3) is 0 Å². The Morgan fingerprint density at radius 2 is 1.91 bits per heavy atom. The first-order valence-corrected chi connectivity index (χ1v) is 9.67. The summed E-state index contributed by atoms with van der Waals surface area (Å²) in [5.74, 6) is -0.00838. The van der Waals surface area contributed by atoms with E-state index in [1.165, 1.54) is 16.7 Å². The highest BCUT2D eigenvalue weighted by atomic mass is 35.5. The second kappa shape index (κ2) is 6.89. The average Bonchev–Trinajstić information content (AvgIpc) is 3.01. The third-order valence-electron chi connectivity index (χ3n) is 3.58. The number of thiocarbonyl (C=S) groups is 1. The topological polar surface area (TPSA) is 23.6 Å². The Bertz CT molecular complexity index is 745. The number of allylic oxidation sites excluding steroid dienone is 2. The van der Waals surface area contributed by atoms with Gasteiger partial charge in [-0.05, 0) is 44.2 Å². The number of hydrogen-bond acceptors (Lipinski definition) is 5. The molecule has 0 spiro atoms. The summed E-state index contributed by atoms with van der Waals surface area (Å²) in [6, 6.07) is 5.91. The lowest BCUT2D eigenvalue weighted by Crippen LogP contribution is -2.27. The summed E-state index contributed by atoms with van der Waals surface area (Å²) in [6.07, 6.45) is 3.86. The van der Waals surface area contributed by atoms with E-state index in [0.29, 0.717) is 15.8 Å². The quantitative estimate of drug-likeness (QED) is 0.547. The molecule has 0 aliphatic carbocycles. The highest BCUT2D eigenvalue weighted by Crippen LogP contribution is 2.47. The highest BCUT2D eigenvalue weighted by Gasteiger charge is 2.30. The molecule has 0 aromatic heterocycles. The molecule has 2 aliphatic heterocycles. The van der Waals surface area contributed by atoms with Gasteiger partial charge in [0.25, 0.3) is 5.91 Å². The van der Waals surface area contributed by atoms with Gasteiger partial charge in [-0.1, -0.05) is 47.3 Å². The number of rotatable bonds is 3. The van der Waals surface area contributed by atoms with E-state index in [1.54, 1.807) is 16.7 Å². The summed E-state index contributed by atoms with van der Waals surface area (Å²) in [7, 11) is 0. The van der Waals surface area contributed by atoms with Gasteiger partial charge in [-0.2, -0.15) is 0 Å². The van der Waals surface area contributed by atoms with Crippen LogP contribution in [0.3, 0.4) is 0 Å². The predicted octanol–water partition coefficient (Wildman–Crippen LogP) is 4.88. The molecule has 0 bridgehead atoms. The van der Waals surface area contributed by atoms with Crippen molar-refractivity contribution in [1.82, 2.24) is 4.90 Å². The van der Waals surface area contributed by atoms with Crippen molar-refractivity contribution in [3.63, 3.8) is 0 Å². The predicted molar refractivity (Wildman–Crippen MR) is 104 cm³/mol. The fourth-order valence-corrected chi connectivity index (χ4v) is 5.06. The monoisotopic (exact) mass is 382 g/mol. The molecule has 0 N–H and O–H groups in total.